The van der Waals surface area contributed by atoms with Gasteiger partial charge in [-0.3, -0.25) is 9.48 Å². The number of aromatic nitrogens is 3. The van der Waals surface area contributed by atoms with Crippen LogP contribution in [0.15, 0.2) is 21.4 Å². The van der Waals surface area contributed by atoms with Gasteiger partial charge >= 0.3 is 0 Å². The molecule has 0 atom stereocenters. The molecule has 0 aliphatic heterocycles. The number of hydrogen-bond donors (Lipinski definition) is 0. The minimum atomic E-state index is 0.0671. The third-order valence-electron chi connectivity index (χ3n) is 1.88. The molecule has 2 aromatic rings. The number of carbonyl (C=O) groups excluding carboxylic acids is 1. The van der Waals surface area contributed by atoms with Crippen molar-refractivity contribution in [1.82, 2.24) is 15.0 Å². The average molecular weight is 286 g/mol. The number of hydrogen-bond acceptors (Lipinski definition) is 4. The molecule has 0 saturated heterocycles. The number of aryl methyl sites for hydroxylation is 1. The van der Waals surface area contributed by atoms with Gasteiger partial charge in [0.05, 0.1) is 15.9 Å². The molecule has 4 nitrogen and oxygen atoms in total. The Labute approximate surface area is 99.0 Å². The van der Waals surface area contributed by atoms with E-state index >= 15 is 0 Å². The van der Waals surface area contributed by atoms with Gasteiger partial charge in [-0.2, -0.15) is 0 Å². The van der Waals surface area contributed by atoms with Gasteiger partial charge in [0.1, 0.15) is 0 Å². The van der Waals surface area contributed by atoms with Gasteiger partial charge < -0.3 is 0 Å². The Morgan fingerprint density at radius 1 is 1.67 bits per heavy atom. The number of ketones is 1. The van der Waals surface area contributed by atoms with E-state index in [9.17, 15) is 4.79 Å². The van der Waals surface area contributed by atoms with E-state index in [1.54, 1.807) is 17.9 Å². The van der Waals surface area contributed by atoms with Crippen LogP contribution in [-0.4, -0.2) is 20.8 Å². The maximum atomic E-state index is 11.7. The summed E-state index contributed by atoms with van der Waals surface area (Å²) in [6.07, 6.45) is 2.05. The Morgan fingerprint density at radius 3 is 3.00 bits per heavy atom. The molecule has 0 radical (unpaired) electrons. The minimum absolute atomic E-state index is 0.0671. The van der Waals surface area contributed by atoms with Crippen LogP contribution >= 0.6 is 27.3 Å². The summed E-state index contributed by atoms with van der Waals surface area (Å²) in [5.41, 5.74) is 1.42. The molecule has 6 heteroatoms. The van der Waals surface area contributed by atoms with Crippen molar-refractivity contribution in [2.24, 2.45) is 7.05 Å². The summed E-state index contributed by atoms with van der Waals surface area (Å²) in [6.45, 7) is 0. The van der Waals surface area contributed by atoms with Crippen LogP contribution in [0.25, 0.3) is 0 Å². The Kier molecular flexibility index (Phi) is 2.97. The number of Topliss-reactive ketones (excluding diaryl/α,β-unsaturated/α-hetero) is 1. The second kappa shape index (κ2) is 4.24. The molecule has 0 aliphatic carbocycles. The maximum absolute atomic E-state index is 11.7. The highest BCUT2D eigenvalue weighted by atomic mass is 79.9. The molecule has 0 aliphatic rings. The molecule has 2 rings (SSSR count). The first kappa shape index (κ1) is 10.5. The number of rotatable bonds is 3. The van der Waals surface area contributed by atoms with Gasteiger partial charge in [0.2, 0.25) is 0 Å². The molecule has 0 unspecified atom stereocenters. The molecular formula is C9H8BrN3OS. The number of thiophene rings is 1. The third kappa shape index (κ3) is 2.51. The first-order valence-electron chi connectivity index (χ1n) is 4.27. The Hall–Kier alpha value is -1.01. The van der Waals surface area contributed by atoms with Crippen molar-refractivity contribution in [2.45, 2.75) is 6.42 Å². The molecule has 0 bridgehead atoms. The molecule has 2 heterocycles. The third-order valence-corrected chi connectivity index (χ3v) is 3.39. The average Bonchev–Trinajstić information content (AvgIpc) is 2.75. The van der Waals surface area contributed by atoms with Crippen molar-refractivity contribution < 1.29 is 4.79 Å². The van der Waals surface area contributed by atoms with E-state index in [0.717, 1.165) is 9.35 Å². The lowest BCUT2D eigenvalue weighted by molar-refractivity contribution is 0.0992. The molecule has 0 fully saturated rings. The van der Waals surface area contributed by atoms with Crippen LogP contribution in [0.4, 0.5) is 0 Å². The molecule has 2 aromatic heterocycles. The van der Waals surface area contributed by atoms with Crippen LogP contribution in [0, 0.1) is 0 Å². The van der Waals surface area contributed by atoms with Gasteiger partial charge in [-0.15, -0.1) is 16.4 Å². The fourth-order valence-electron chi connectivity index (χ4n) is 1.20. The molecule has 0 N–H and O–H groups in total. The molecule has 15 heavy (non-hydrogen) atoms. The largest absolute Gasteiger partial charge is 0.294 e. The monoisotopic (exact) mass is 285 g/mol. The van der Waals surface area contributed by atoms with Crippen LogP contribution in [0.1, 0.15) is 16.1 Å². The predicted octanol–water partition coefficient (Wildman–Crippen LogP) is 2.06. The van der Waals surface area contributed by atoms with E-state index in [1.165, 1.54) is 11.3 Å². The zero-order chi connectivity index (χ0) is 10.8. The molecule has 0 amide bonds. The van der Waals surface area contributed by atoms with Crippen molar-refractivity contribution in [1.29, 1.82) is 0 Å². The summed E-state index contributed by atoms with van der Waals surface area (Å²) in [7, 11) is 1.78. The SMILES string of the molecule is Cn1cc(CC(=O)c2csc(Br)c2)nn1. The van der Waals surface area contributed by atoms with Crippen LogP contribution < -0.4 is 0 Å². The van der Waals surface area contributed by atoms with E-state index < -0.39 is 0 Å². The quantitative estimate of drug-likeness (QED) is 0.811. The number of carbonyl (C=O) groups is 1. The zero-order valence-corrected chi connectivity index (χ0v) is 10.4. The maximum Gasteiger partial charge on any atom is 0.169 e. The Bertz CT molecular complexity index is 491. The highest BCUT2D eigenvalue weighted by Gasteiger charge is 2.10. The van der Waals surface area contributed by atoms with Crippen LogP contribution in [0.2, 0.25) is 0 Å². The molecular weight excluding hydrogens is 278 g/mol. The van der Waals surface area contributed by atoms with Crippen molar-refractivity contribution in [3.05, 3.63) is 32.7 Å². The smallest absolute Gasteiger partial charge is 0.169 e. The number of halogens is 1. The van der Waals surface area contributed by atoms with Gasteiger partial charge in [0.25, 0.3) is 0 Å². The summed E-state index contributed by atoms with van der Waals surface area (Å²) < 4.78 is 2.55. The van der Waals surface area contributed by atoms with Gasteiger partial charge in [-0.1, -0.05) is 5.21 Å². The second-order valence-electron chi connectivity index (χ2n) is 3.12. The second-order valence-corrected chi connectivity index (χ2v) is 5.41. The van der Waals surface area contributed by atoms with E-state index in [0.29, 0.717) is 12.1 Å². The predicted molar refractivity (Wildman–Crippen MR) is 61.1 cm³/mol. The van der Waals surface area contributed by atoms with E-state index in [1.807, 2.05) is 11.4 Å². The normalized spacial score (nSPS) is 10.5. The van der Waals surface area contributed by atoms with Gasteiger partial charge in [-0.25, -0.2) is 0 Å². The highest BCUT2D eigenvalue weighted by Crippen LogP contribution is 2.21. The lowest BCUT2D eigenvalue weighted by Gasteiger charge is -1.92. The van der Waals surface area contributed by atoms with Crippen molar-refractivity contribution in [2.75, 3.05) is 0 Å². The lowest BCUT2D eigenvalue weighted by Crippen LogP contribution is -2.02. The Balaban J connectivity index is 2.10. The first-order valence-corrected chi connectivity index (χ1v) is 5.95. The van der Waals surface area contributed by atoms with Crippen molar-refractivity contribution >= 4 is 33.0 Å². The van der Waals surface area contributed by atoms with Gasteiger partial charge in [0.15, 0.2) is 5.78 Å². The van der Waals surface area contributed by atoms with Crippen LogP contribution in [0.5, 0.6) is 0 Å². The first-order chi connectivity index (χ1) is 7.15. The molecule has 0 aromatic carbocycles. The lowest BCUT2D eigenvalue weighted by atomic mass is 10.1. The standard InChI is InChI=1S/C9H8BrN3OS/c1-13-4-7(11-12-13)3-8(14)6-2-9(10)15-5-6/h2,4-5H,3H2,1H3. The van der Waals surface area contributed by atoms with Crippen LogP contribution in [-0.2, 0) is 13.5 Å². The van der Waals surface area contributed by atoms with E-state index in [2.05, 4.69) is 26.2 Å². The fraction of sp³-hybridized carbons (Fsp3) is 0.222. The highest BCUT2D eigenvalue weighted by molar-refractivity contribution is 9.11. The van der Waals surface area contributed by atoms with E-state index in [4.69, 9.17) is 0 Å². The Morgan fingerprint density at radius 2 is 2.47 bits per heavy atom. The van der Waals surface area contributed by atoms with Crippen molar-refractivity contribution in [3.63, 3.8) is 0 Å². The van der Waals surface area contributed by atoms with Crippen molar-refractivity contribution in [3.8, 4) is 0 Å². The summed E-state index contributed by atoms with van der Waals surface area (Å²) in [6, 6.07) is 1.82. The van der Waals surface area contributed by atoms with Gasteiger partial charge in [0, 0.05) is 24.2 Å². The minimum Gasteiger partial charge on any atom is -0.294 e. The molecule has 0 saturated carbocycles. The summed E-state index contributed by atoms with van der Waals surface area (Å²) in [5.74, 6) is 0.0671. The van der Waals surface area contributed by atoms with Gasteiger partial charge in [-0.05, 0) is 22.0 Å². The topological polar surface area (TPSA) is 47.8 Å². The number of nitrogens with zero attached hydrogens (tertiary/aromatic N) is 3. The summed E-state index contributed by atoms with van der Waals surface area (Å²) >= 11 is 4.83. The molecule has 78 valence electrons. The fourth-order valence-corrected chi connectivity index (χ4v) is 2.36. The summed E-state index contributed by atoms with van der Waals surface area (Å²) in [4.78, 5) is 11.7. The zero-order valence-electron chi connectivity index (χ0n) is 7.98. The summed E-state index contributed by atoms with van der Waals surface area (Å²) in [5, 5.41) is 9.48. The van der Waals surface area contributed by atoms with Crippen LogP contribution in [0.3, 0.4) is 0 Å². The van der Waals surface area contributed by atoms with E-state index in [-0.39, 0.29) is 5.78 Å². The molecule has 0 spiro atoms.